The highest BCUT2D eigenvalue weighted by atomic mass is 16.1. The zero-order valence-electron chi connectivity index (χ0n) is 8.74. The number of nitrogens with one attached hydrogen (secondary N) is 1. The van der Waals surface area contributed by atoms with Crippen molar-refractivity contribution < 1.29 is 4.79 Å². The molecule has 0 bridgehead atoms. The third-order valence-electron chi connectivity index (χ3n) is 2.35. The first-order valence-corrected chi connectivity index (χ1v) is 4.80. The van der Waals surface area contributed by atoms with Gasteiger partial charge in [0.05, 0.1) is 0 Å². The van der Waals surface area contributed by atoms with Gasteiger partial charge in [0.2, 0.25) is 5.78 Å². The third-order valence-corrected chi connectivity index (χ3v) is 2.35. The van der Waals surface area contributed by atoms with Crippen molar-refractivity contribution in [1.29, 1.82) is 0 Å². The summed E-state index contributed by atoms with van der Waals surface area (Å²) in [5, 5.41) is 0. The average molecular weight is 200 g/mol. The van der Waals surface area contributed by atoms with Gasteiger partial charge >= 0.3 is 0 Å². The Morgan fingerprint density at radius 2 is 2.13 bits per heavy atom. The van der Waals surface area contributed by atoms with Crippen LogP contribution in [0.5, 0.6) is 0 Å². The van der Waals surface area contributed by atoms with Crippen molar-refractivity contribution in [2.75, 3.05) is 0 Å². The number of hydrogen-bond donors (Lipinski definition) is 1. The molecule has 1 heterocycles. The van der Waals surface area contributed by atoms with Crippen molar-refractivity contribution in [2.45, 2.75) is 13.8 Å². The van der Waals surface area contributed by atoms with E-state index in [0.29, 0.717) is 11.4 Å². The van der Waals surface area contributed by atoms with Gasteiger partial charge < -0.3 is 4.98 Å². The summed E-state index contributed by atoms with van der Waals surface area (Å²) in [7, 11) is 0. The Hall–Kier alpha value is -1.90. The zero-order valence-corrected chi connectivity index (χ0v) is 8.74. The lowest BCUT2D eigenvalue weighted by atomic mass is 10.0. The molecule has 0 saturated heterocycles. The number of carbonyl (C=O) groups is 1. The molecule has 0 aliphatic carbocycles. The van der Waals surface area contributed by atoms with Crippen molar-refractivity contribution in [3.8, 4) is 0 Å². The van der Waals surface area contributed by atoms with Crippen LogP contribution in [0.15, 0.2) is 30.6 Å². The molecule has 0 aliphatic rings. The molecule has 0 fully saturated rings. The first kappa shape index (κ1) is 9.65. The van der Waals surface area contributed by atoms with Crippen LogP contribution in [-0.4, -0.2) is 15.8 Å². The van der Waals surface area contributed by atoms with E-state index < -0.39 is 0 Å². The summed E-state index contributed by atoms with van der Waals surface area (Å²) in [6, 6.07) is 5.83. The minimum atomic E-state index is -0.0544. The fourth-order valence-corrected chi connectivity index (χ4v) is 1.50. The van der Waals surface area contributed by atoms with E-state index in [4.69, 9.17) is 0 Å². The molecule has 1 aromatic heterocycles. The lowest BCUT2D eigenvalue weighted by Gasteiger charge is -2.03. The number of benzene rings is 1. The predicted octanol–water partition coefficient (Wildman–Crippen LogP) is 2.26. The van der Waals surface area contributed by atoms with E-state index in [2.05, 4.69) is 9.97 Å². The van der Waals surface area contributed by atoms with Crippen molar-refractivity contribution in [1.82, 2.24) is 9.97 Å². The van der Waals surface area contributed by atoms with Crippen molar-refractivity contribution in [3.05, 3.63) is 53.1 Å². The lowest BCUT2D eigenvalue weighted by Crippen LogP contribution is -2.06. The number of ketones is 1. The van der Waals surface area contributed by atoms with E-state index in [1.165, 1.54) is 0 Å². The van der Waals surface area contributed by atoms with Crippen molar-refractivity contribution in [2.24, 2.45) is 0 Å². The highest BCUT2D eigenvalue weighted by Gasteiger charge is 2.13. The molecular weight excluding hydrogens is 188 g/mol. The van der Waals surface area contributed by atoms with Crippen LogP contribution < -0.4 is 0 Å². The molecule has 2 rings (SSSR count). The van der Waals surface area contributed by atoms with Crippen LogP contribution in [0.2, 0.25) is 0 Å². The molecule has 15 heavy (non-hydrogen) atoms. The fraction of sp³-hybridized carbons (Fsp3) is 0.167. The molecule has 0 unspecified atom stereocenters. The standard InChI is InChI=1S/C12H12N2O/c1-8-3-4-9(2)10(7-8)11(15)12-13-5-6-14-12/h3-7H,1-2H3,(H,13,14). The van der Waals surface area contributed by atoms with E-state index in [9.17, 15) is 4.79 Å². The molecule has 3 nitrogen and oxygen atoms in total. The molecule has 0 saturated carbocycles. The van der Waals surface area contributed by atoms with Gasteiger partial charge in [-0.05, 0) is 25.5 Å². The number of imidazole rings is 1. The van der Waals surface area contributed by atoms with Crippen molar-refractivity contribution in [3.63, 3.8) is 0 Å². The molecule has 0 atom stereocenters. The zero-order chi connectivity index (χ0) is 10.8. The second-order valence-electron chi connectivity index (χ2n) is 3.59. The Balaban J connectivity index is 2.46. The summed E-state index contributed by atoms with van der Waals surface area (Å²) in [6.07, 6.45) is 3.23. The minimum Gasteiger partial charge on any atom is -0.342 e. The molecule has 0 spiro atoms. The second-order valence-corrected chi connectivity index (χ2v) is 3.59. The average Bonchev–Trinajstić information content (AvgIpc) is 2.74. The van der Waals surface area contributed by atoms with Gasteiger partial charge in [0.1, 0.15) is 0 Å². The number of aromatic nitrogens is 2. The van der Waals surface area contributed by atoms with Gasteiger partial charge in [-0.1, -0.05) is 17.7 Å². The van der Waals surface area contributed by atoms with Gasteiger partial charge in [0, 0.05) is 18.0 Å². The third kappa shape index (κ3) is 1.81. The highest BCUT2D eigenvalue weighted by molar-refractivity contribution is 6.07. The maximum Gasteiger partial charge on any atom is 0.228 e. The van der Waals surface area contributed by atoms with Crippen molar-refractivity contribution >= 4 is 5.78 Å². The molecule has 1 N–H and O–H groups in total. The number of nitrogens with zero attached hydrogens (tertiary/aromatic N) is 1. The maximum atomic E-state index is 12.0. The van der Waals surface area contributed by atoms with Gasteiger partial charge in [-0.2, -0.15) is 0 Å². The molecule has 0 amide bonds. The monoisotopic (exact) mass is 200 g/mol. The Labute approximate surface area is 88.2 Å². The Bertz CT molecular complexity index is 486. The largest absolute Gasteiger partial charge is 0.342 e. The Morgan fingerprint density at radius 3 is 2.80 bits per heavy atom. The Morgan fingerprint density at radius 1 is 1.33 bits per heavy atom. The fourth-order valence-electron chi connectivity index (χ4n) is 1.50. The van der Waals surface area contributed by atoms with Crippen LogP contribution in [0.4, 0.5) is 0 Å². The van der Waals surface area contributed by atoms with Crippen LogP contribution in [0.1, 0.15) is 27.3 Å². The van der Waals surface area contributed by atoms with Crippen LogP contribution in [0.3, 0.4) is 0 Å². The smallest absolute Gasteiger partial charge is 0.228 e. The van der Waals surface area contributed by atoms with E-state index in [1.54, 1.807) is 12.4 Å². The summed E-state index contributed by atoms with van der Waals surface area (Å²) in [5.74, 6) is 0.338. The highest BCUT2D eigenvalue weighted by Crippen LogP contribution is 2.13. The molecule has 2 aromatic rings. The first-order valence-electron chi connectivity index (χ1n) is 4.80. The topological polar surface area (TPSA) is 45.8 Å². The minimum absolute atomic E-state index is 0.0544. The van der Waals surface area contributed by atoms with Crippen LogP contribution in [-0.2, 0) is 0 Å². The van der Waals surface area contributed by atoms with Gasteiger partial charge in [-0.15, -0.1) is 0 Å². The summed E-state index contributed by atoms with van der Waals surface area (Å²) in [6.45, 7) is 3.90. The van der Waals surface area contributed by atoms with Gasteiger partial charge in [-0.3, -0.25) is 4.79 Å². The van der Waals surface area contributed by atoms with E-state index in [1.807, 2.05) is 32.0 Å². The number of H-pyrrole nitrogens is 1. The summed E-state index contributed by atoms with van der Waals surface area (Å²) < 4.78 is 0. The van der Waals surface area contributed by atoms with Crippen LogP contribution >= 0.6 is 0 Å². The van der Waals surface area contributed by atoms with Gasteiger partial charge in [-0.25, -0.2) is 4.98 Å². The molecule has 0 radical (unpaired) electrons. The van der Waals surface area contributed by atoms with Crippen LogP contribution in [0.25, 0.3) is 0 Å². The molecular formula is C12H12N2O. The molecule has 0 aliphatic heterocycles. The summed E-state index contributed by atoms with van der Waals surface area (Å²) in [4.78, 5) is 18.8. The normalized spacial score (nSPS) is 10.3. The number of aryl methyl sites for hydroxylation is 2. The van der Waals surface area contributed by atoms with E-state index >= 15 is 0 Å². The molecule has 1 aromatic carbocycles. The molecule has 3 heteroatoms. The second kappa shape index (κ2) is 3.69. The maximum absolute atomic E-state index is 12.0. The van der Waals surface area contributed by atoms with Crippen LogP contribution in [0, 0.1) is 13.8 Å². The quantitative estimate of drug-likeness (QED) is 0.756. The lowest BCUT2D eigenvalue weighted by molar-refractivity contribution is 0.102. The number of rotatable bonds is 2. The summed E-state index contributed by atoms with van der Waals surface area (Å²) >= 11 is 0. The van der Waals surface area contributed by atoms with E-state index in [-0.39, 0.29) is 5.78 Å². The number of hydrogen-bond acceptors (Lipinski definition) is 2. The van der Waals surface area contributed by atoms with Gasteiger partial charge in [0.25, 0.3) is 0 Å². The molecule has 76 valence electrons. The number of carbonyl (C=O) groups excluding carboxylic acids is 1. The van der Waals surface area contributed by atoms with Gasteiger partial charge in [0.15, 0.2) is 5.82 Å². The first-order chi connectivity index (χ1) is 7.18. The van der Waals surface area contributed by atoms with E-state index in [0.717, 1.165) is 11.1 Å². The number of aromatic amines is 1. The SMILES string of the molecule is Cc1ccc(C)c(C(=O)c2ncc[nH]2)c1. The predicted molar refractivity (Wildman–Crippen MR) is 57.9 cm³/mol. The summed E-state index contributed by atoms with van der Waals surface area (Å²) in [5.41, 5.74) is 2.77. The Kier molecular flexibility index (Phi) is 2.37.